The molecule has 0 bridgehead atoms. The molecule has 104 valence electrons. The van der Waals surface area contributed by atoms with Gasteiger partial charge in [-0.25, -0.2) is 15.0 Å². The van der Waals surface area contributed by atoms with Crippen LogP contribution in [0.25, 0.3) is 11.4 Å². The number of carboxylic acids is 1. The van der Waals surface area contributed by atoms with Gasteiger partial charge in [-0.2, -0.15) is 0 Å². The monoisotopic (exact) mass is 273 g/mol. The number of nitrogens with zero attached hydrogens (tertiary/aromatic N) is 3. The van der Waals surface area contributed by atoms with Gasteiger partial charge in [0.05, 0.1) is 7.11 Å². The highest BCUT2D eigenvalue weighted by molar-refractivity contribution is 5.69. The second-order valence-electron chi connectivity index (χ2n) is 4.38. The Labute approximate surface area is 116 Å². The van der Waals surface area contributed by atoms with E-state index in [0.717, 1.165) is 16.9 Å². The lowest BCUT2D eigenvalue weighted by Gasteiger charge is -2.08. The molecule has 1 heterocycles. The molecule has 0 saturated carbocycles. The minimum absolute atomic E-state index is 0.217. The Morgan fingerprint density at radius 3 is 2.60 bits per heavy atom. The van der Waals surface area contributed by atoms with E-state index in [9.17, 15) is 4.79 Å². The molecule has 6 nitrogen and oxygen atoms in total. The van der Waals surface area contributed by atoms with E-state index in [1.807, 2.05) is 25.1 Å². The van der Waals surface area contributed by atoms with E-state index >= 15 is 0 Å². The quantitative estimate of drug-likeness (QED) is 0.914. The molecule has 1 aromatic carbocycles. The van der Waals surface area contributed by atoms with E-state index in [-0.39, 0.29) is 12.2 Å². The summed E-state index contributed by atoms with van der Waals surface area (Å²) in [5.74, 6) is 1.05. The number of hydrogen-bond donors (Lipinski definition) is 1. The summed E-state index contributed by atoms with van der Waals surface area (Å²) in [5.41, 5.74) is 1.77. The van der Waals surface area contributed by atoms with Crippen molar-refractivity contribution in [2.24, 2.45) is 0 Å². The molecule has 0 atom stereocenters. The van der Waals surface area contributed by atoms with Crippen LogP contribution < -0.4 is 4.74 Å². The molecule has 0 radical (unpaired) electrons. The second-order valence-corrected chi connectivity index (χ2v) is 4.38. The summed E-state index contributed by atoms with van der Waals surface area (Å²) in [6.45, 7) is 3.64. The Bertz CT molecular complexity index is 656. The molecule has 20 heavy (non-hydrogen) atoms. The predicted octanol–water partition coefficient (Wildman–Crippen LogP) is 1.79. The normalized spacial score (nSPS) is 10.3. The Balaban J connectivity index is 2.44. The third kappa shape index (κ3) is 3.09. The molecule has 6 heteroatoms. The van der Waals surface area contributed by atoms with Crippen molar-refractivity contribution in [3.05, 3.63) is 35.4 Å². The fourth-order valence-electron chi connectivity index (χ4n) is 1.90. The Morgan fingerprint density at radius 1 is 1.25 bits per heavy atom. The Kier molecular flexibility index (Phi) is 3.93. The van der Waals surface area contributed by atoms with Crippen LogP contribution in [0.3, 0.4) is 0 Å². The standard InChI is InChI=1S/C14H15N3O3/c1-8-6-10(4-5-11(8)20-3)14-16-9(2)15-12(17-14)7-13(18)19/h4-6H,7H2,1-3H3,(H,18,19). The maximum atomic E-state index is 10.7. The highest BCUT2D eigenvalue weighted by atomic mass is 16.5. The predicted molar refractivity (Wildman–Crippen MR) is 72.6 cm³/mol. The summed E-state index contributed by atoms with van der Waals surface area (Å²) in [5, 5.41) is 8.81. The molecule has 0 amide bonds. The lowest BCUT2D eigenvalue weighted by Crippen LogP contribution is -2.08. The molecule has 2 rings (SSSR count). The first-order valence-electron chi connectivity index (χ1n) is 6.08. The van der Waals surface area contributed by atoms with Gasteiger partial charge in [-0.15, -0.1) is 0 Å². The number of hydrogen-bond acceptors (Lipinski definition) is 5. The Hall–Kier alpha value is -2.50. The van der Waals surface area contributed by atoms with Gasteiger partial charge in [-0.3, -0.25) is 4.79 Å². The van der Waals surface area contributed by atoms with Crippen LogP contribution in [0, 0.1) is 13.8 Å². The second kappa shape index (κ2) is 5.64. The van der Waals surface area contributed by atoms with Gasteiger partial charge in [0.25, 0.3) is 0 Å². The third-order valence-electron chi connectivity index (χ3n) is 2.76. The van der Waals surface area contributed by atoms with Gasteiger partial charge in [-0.05, 0) is 37.6 Å². The van der Waals surface area contributed by atoms with Crippen LogP contribution in [0.4, 0.5) is 0 Å². The van der Waals surface area contributed by atoms with Gasteiger partial charge in [-0.1, -0.05) is 0 Å². The maximum Gasteiger partial charge on any atom is 0.311 e. The summed E-state index contributed by atoms with van der Waals surface area (Å²) in [4.78, 5) is 23.2. The van der Waals surface area contributed by atoms with Crippen LogP contribution in [0.2, 0.25) is 0 Å². The van der Waals surface area contributed by atoms with Crippen molar-refractivity contribution in [1.29, 1.82) is 0 Å². The SMILES string of the molecule is COc1ccc(-c2nc(C)nc(CC(=O)O)n2)cc1C. The molecule has 0 unspecified atom stereocenters. The van der Waals surface area contributed by atoms with Crippen molar-refractivity contribution < 1.29 is 14.6 Å². The van der Waals surface area contributed by atoms with E-state index in [2.05, 4.69) is 15.0 Å². The van der Waals surface area contributed by atoms with Crippen LogP contribution in [0.5, 0.6) is 5.75 Å². The van der Waals surface area contributed by atoms with Crippen LogP contribution in [-0.4, -0.2) is 33.1 Å². The van der Waals surface area contributed by atoms with Crippen LogP contribution in [-0.2, 0) is 11.2 Å². The average Bonchev–Trinajstić information content (AvgIpc) is 2.37. The number of ether oxygens (including phenoxy) is 1. The molecule has 0 fully saturated rings. The molecule has 2 aromatic rings. The van der Waals surface area contributed by atoms with E-state index in [0.29, 0.717) is 11.6 Å². The lowest BCUT2D eigenvalue weighted by atomic mass is 10.1. The minimum atomic E-state index is -0.965. The number of aryl methyl sites for hydroxylation is 2. The van der Waals surface area contributed by atoms with E-state index in [1.54, 1.807) is 14.0 Å². The third-order valence-corrected chi connectivity index (χ3v) is 2.76. The average molecular weight is 273 g/mol. The van der Waals surface area contributed by atoms with E-state index in [1.165, 1.54) is 0 Å². The smallest absolute Gasteiger partial charge is 0.311 e. The van der Waals surface area contributed by atoms with Gasteiger partial charge in [0.2, 0.25) is 0 Å². The Morgan fingerprint density at radius 2 is 2.00 bits per heavy atom. The number of aliphatic carboxylic acids is 1. The fourth-order valence-corrected chi connectivity index (χ4v) is 1.90. The molecule has 1 aromatic heterocycles. The summed E-state index contributed by atoms with van der Waals surface area (Å²) in [7, 11) is 1.61. The van der Waals surface area contributed by atoms with Gasteiger partial charge >= 0.3 is 5.97 Å². The number of carbonyl (C=O) groups is 1. The molecule has 0 aliphatic heterocycles. The van der Waals surface area contributed by atoms with Gasteiger partial charge in [0, 0.05) is 5.56 Å². The molecular formula is C14H15N3O3. The molecule has 0 spiro atoms. The zero-order valence-corrected chi connectivity index (χ0v) is 11.5. The fraction of sp³-hybridized carbons (Fsp3) is 0.286. The summed E-state index contributed by atoms with van der Waals surface area (Å²) in [6, 6.07) is 5.57. The van der Waals surface area contributed by atoms with Gasteiger partial charge in [0.1, 0.15) is 23.8 Å². The molecule has 0 aliphatic carbocycles. The number of carboxylic acid groups (broad SMARTS) is 1. The number of rotatable bonds is 4. The highest BCUT2D eigenvalue weighted by Crippen LogP contribution is 2.23. The molecule has 0 saturated heterocycles. The number of benzene rings is 1. The van der Waals surface area contributed by atoms with Crippen molar-refractivity contribution in [1.82, 2.24) is 15.0 Å². The van der Waals surface area contributed by atoms with E-state index in [4.69, 9.17) is 9.84 Å². The van der Waals surface area contributed by atoms with Gasteiger partial charge in [0.15, 0.2) is 5.82 Å². The number of methoxy groups -OCH3 is 1. The summed E-state index contributed by atoms with van der Waals surface area (Å²) >= 11 is 0. The van der Waals surface area contributed by atoms with Gasteiger partial charge < -0.3 is 9.84 Å². The van der Waals surface area contributed by atoms with Crippen molar-refractivity contribution in [2.75, 3.05) is 7.11 Å². The highest BCUT2D eigenvalue weighted by Gasteiger charge is 2.10. The summed E-state index contributed by atoms with van der Waals surface area (Å²) in [6.07, 6.45) is -0.217. The first kappa shape index (κ1) is 13.9. The topological polar surface area (TPSA) is 85.2 Å². The lowest BCUT2D eigenvalue weighted by molar-refractivity contribution is -0.136. The van der Waals surface area contributed by atoms with Crippen molar-refractivity contribution in [3.63, 3.8) is 0 Å². The van der Waals surface area contributed by atoms with E-state index < -0.39 is 5.97 Å². The maximum absolute atomic E-state index is 10.7. The minimum Gasteiger partial charge on any atom is -0.496 e. The van der Waals surface area contributed by atoms with Crippen molar-refractivity contribution in [3.8, 4) is 17.1 Å². The van der Waals surface area contributed by atoms with Crippen molar-refractivity contribution in [2.45, 2.75) is 20.3 Å². The largest absolute Gasteiger partial charge is 0.496 e. The first-order valence-corrected chi connectivity index (χ1v) is 6.08. The molecule has 0 aliphatic rings. The van der Waals surface area contributed by atoms with Crippen molar-refractivity contribution >= 4 is 5.97 Å². The first-order chi connectivity index (χ1) is 9.49. The van der Waals surface area contributed by atoms with Crippen LogP contribution in [0.1, 0.15) is 17.2 Å². The molecule has 1 N–H and O–H groups in total. The zero-order valence-electron chi connectivity index (χ0n) is 11.5. The zero-order chi connectivity index (χ0) is 14.7. The van der Waals surface area contributed by atoms with Crippen LogP contribution >= 0.6 is 0 Å². The number of aromatic nitrogens is 3. The summed E-state index contributed by atoms with van der Waals surface area (Å²) < 4.78 is 5.21. The molecular weight excluding hydrogens is 258 g/mol. The van der Waals surface area contributed by atoms with Crippen LogP contribution in [0.15, 0.2) is 18.2 Å².